The van der Waals surface area contributed by atoms with Crippen LogP contribution in [-0.4, -0.2) is 27.9 Å². The lowest BCUT2D eigenvalue weighted by molar-refractivity contribution is 0.0696. The van der Waals surface area contributed by atoms with E-state index < -0.39 is 5.97 Å². The third-order valence-corrected chi connectivity index (χ3v) is 3.52. The molecule has 1 heterocycles. The van der Waals surface area contributed by atoms with Gasteiger partial charge in [-0.3, -0.25) is 4.79 Å². The van der Waals surface area contributed by atoms with Gasteiger partial charge in [-0.1, -0.05) is 26.0 Å². The van der Waals surface area contributed by atoms with Crippen molar-refractivity contribution >= 4 is 17.6 Å². The number of carbonyl (C=O) groups excluding carboxylic acids is 1. The average molecular weight is 326 g/mol. The minimum atomic E-state index is -0.982. The molecule has 0 spiro atoms. The van der Waals surface area contributed by atoms with Gasteiger partial charge in [0.2, 0.25) is 0 Å². The third kappa shape index (κ3) is 3.98. The number of nitrogens with zero attached hydrogens (tertiary/aromatic N) is 1. The molecule has 126 valence electrons. The highest BCUT2D eigenvalue weighted by atomic mass is 16.4. The van der Waals surface area contributed by atoms with Gasteiger partial charge in [0.1, 0.15) is 5.82 Å². The van der Waals surface area contributed by atoms with Crippen molar-refractivity contribution < 1.29 is 14.7 Å². The van der Waals surface area contributed by atoms with E-state index in [0.29, 0.717) is 22.6 Å². The highest BCUT2D eigenvalue weighted by Crippen LogP contribution is 2.25. The van der Waals surface area contributed by atoms with Gasteiger partial charge in [0, 0.05) is 17.5 Å². The maximum absolute atomic E-state index is 12.4. The molecule has 1 aromatic carbocycles. The van der Waals surface area contributed by atoms with Crippen LogP contribution < -0.4 is 5.32 Å². The van der Waals surface area contributed by atoms with Crippen molar-refractivity contribution in [2.45, 2.75) is 33.7 Å². The summed E-state index contributed by atoms with van der Waals surface area (Å²) in [5.41, 5.74) is 2.08. The number of rotatable bonds is 6. The smallest absolute Gasteiger partial charge is 0.335 e. The summed E-state index contributed by atoms with van der Waals surface area (Å²) in [6.45, 7) is 7.66. The second-order valence-electron chi connectivity index (χ2n) is 6.30. The summed E-state index contributed by atoms with van der Waals surface area (Å²) in [4.78, 5) is 28.1. The number of aromatic nitrogens is 1. The molecule has 0 radical (unpaired) electrons. The molecule has 5 heteroatoms. The Kier molecular flexibility index (Phi) is 5.34. The molecule has 24 heavy (non-hydrogen) atoms. The number of carboxylic acid groups (broad SMARTS) is 1. The van der Waals surface area contributed by atoms with Crippen LogP contribution in [0.3, 0.4) is 0 Å². The van der Waals surface area contributed by atoms with Gasteiger partial charge in [-0.05, 0) is 38.1 Å². The first-order chi connectivity index (χ1) is 11.3. The van der Waals surface area contributed by atoms with E-state index in [1.54, 1.807) is 30.3 Å². The van der Waals surface area contributed by atoms with E-state index in [4.69, 9.17) is 5.11 Å². The molecule has 2 N–H and O–H groups in total. The van der Waals surface area contributed by atoms with Crippen LogP contribution in [0.1, 0.15) is 48.4 Å². The molecule has 0 bridgehead atoms. The molecule has 0 unspecified atom stereocenters. The van der Waals surface area contributed by atoms with E-state index in [1.165, 1.54) is 6.07 Å². The predicted octanol–water partition coefficient (Wildman–Crippen LogP) is 4.11. The van der Waals surface area contributed by atoms with Crippen molar-refractivity contribution in [3.8, 4) is 11.3 Å². The number of hydrogen-bond donors (Lipinski definition) is 2. The lowest BCUT2D eigenvalue weighted by atomic mass is 10.00. The van der Waals surface area contributed by atoms with Gasteiger partial charge < -0.3 is 10.4 Å². The van der Waals surface area contributed by atoms with E-state index >= 15 is 0 Å². The van der Waals surface area contributed by atoms with Gasteiger partial charge in [-0.2, -0.15) is 0 Å². The number of Topliss-reactive ketones (excluding diaryl/α,β-unsaturated/α-hetero) is 1. The standard InChI is InChI=1S/C19H22N2O3/c1-11(2)17(22)15-8-9-16(21-18(15)20-12(3)4)13-6-5-7-14(10-13)19(23)24/h5-12H,1-4H3,(H,20,21)(H,23,24). The van der Waals surface area contributed by atoms with Crippen LogP contribution >= 0.6 is 0 Å². The summed E-state index contributed by atoms with van der Waals surface area (Å²) >= 11 is 0. The highest BCUT2D eigenvalue weighted by Gasteiger charge is 2.18. The number of benzene rings is 1. The summed E-state index contributed by atoms with van der Waals surface area (Å²) < 4.78 is 0. The van der Waals surface area contributed by atoms with Crippen LogP contribution in [0, 0.1) is 5.92 Å². The van der Waals surface area contributed by atoms with E-state index in [1.807, 2.05) is 27.7 Å². The average Bonchev–Trinajstić information content (AvgIpc) is 2.53. The molecule has 0 aliphatic carbocycles. The van der Waals surface area contributed by atoms with Crippen LogP contribution in [0.5, 0.6) is 0 Å². The first-order valence-electron chi connectivity index (χ1n) is 7.95. The Labute approximate surface area is 141 Å². The van der Waals surface area contributed by atoms with Crippen LogP contribution in [0.15, 0.2) is 36.4 Å². The molecule has 0 aliphatic rings. The Morgan fingerprint density at radius 3 is 2.38 bits per heavy atom. The van der Waals surface area contributed by atoms with E-state index in [-0.39, 0.29) is 23.3 Å². The molecule has 0 atom stereocenters. The summed E-state index contributed by atoms with van der Waals surface area (Å²) in [6.07, 6.45) is 0. The van der Waals surface area contributed by atoms with Crippen molar-refractivity contribution in [2.75, 3.05) is 5.32 Å². The number of nitrogens with one attached hydrogen (secondary N) is 1. The zero-order valence-corrected chi connectivity index (χ0v) is 14.3. The molecule has 2 rings (SSSR count). The van der Waals surface area contributed by atoms with Crippen molar-refractivity contribution in [3.63, 3.8) is 0 Å². The zero-order chi connectivity index (χ0) is 17.9. The van der Waals surface area contributed by atoms with Crippen molar-refractivity contribution in [1.29, 1.82) is 0 Å². The second-order valence-corrected chi connectivity index (χ2v) is 6.30. The molecular weight excluding hydrogens is 304 g/mol. The topological polar surface area (TPSA) is 79.3 Å². The maximum Gasteiger partial charge on any atom is 0.335 e. The van der Waals surface area contributed by atoms with Gasteiger partial charge in [0.05, 0.1) is 16.8 Å². The number of hydrogen-bond acceptors (Lipinski definition) is 4. The molecule has 5 nitrogen and oxygen atoms in total. The maximum atomic E-state index is 12.4. The number of pyridine rings is 1. The van der Waals surface area contributed by atoms with Crippen molar-refractivity contribution in [1.82, 2.24) is 4.98 Å². The molecule has 0 saturated heterocycles. The van der Waals surface area contributed by atoms with Crippen LogP contribution in [-0.2, 0) is 0 Å². The van der Waals surface area contributed by atoms with Crippen molar-refractivity contribution in [3.05, 3.63) is 47.5 Å². The lowest BCUT2D eigenvalue weighted by Crippen LogP contribution is -2.17. The Bertz CT molecular complexity index is 767. The first-order valence-corrected chi connectivity index (χ1v) is 7.95. The second kappa shape index (κ2) is 7.25. The number of aromatic carboxylic acids is 1. The van der Waals surface area contributed by atoms with Crippen LogP contribution in [0.2, 0.25) is 0 Å². The summed E-state index contributed by atoms with van der Waals surface area (Å²) in [5.74, 6) is -0.553. The fourth-order valence-corrected chi connectivity index (χ4v) is 2.32. The number of anilines is 1. The predicted molar refractivity (Wildman–Crippen MR) is 94.6 cm³/mol. The Balaban J connectivity index is 2.51. The molecule has 0 saturated carbocycles. The van der Waals surface area contributed by atoms with E-state index in [0.717, 1.165) is 0 Å². The van der Waals surface area contributed by atoms with E-state index in [2.05, 4.69) is 10.3 Å². The fraction of sp³-hybridized carbons (Fsp3) is 0.316. The van der Waals surface area contributed by atoms with Gasteiger partial charge in [0.15, 0.2) is 5.78 Å². The monoisotopic (exact) mass is 326 g/mol. The molecule has 1 aromatic heterocycles. The zero-order valence-electron chi connectivity index (χ0n) is 14.3. The summed E-state index contributed by atoms with van der Waals surface area (Å²) in [5, 5.41) is 12.3. The van der Waals surface area contributed by atoms with Crippen molar-refractivity contribution in [2.24, 2.45) is 5.92 Å². The molecule has 2 aromatic rings. The Morgan fingerprint density at radius 1 is 1.08 bits per heavy atom. The van der Waals surface area contributed by atoms with Crippen LogP contribution in [0.4, 0.5) is 5.82 Å². The summed E-state index contributed by atoms with van der Waals surface area (Å²) in [6, 6.07) is 10.2. The SMILES string of the molecule is CC(C)Nc1nc(-c2cccc(C(=O)O)c2)ccc1C(=O)C(C)C. The lowest BCUT2D eigenvalue weighted by Gasteiger charge is -2.16. The minimum Gasteiger partial charge on any atom is -0.478 e. The Morgan fingerprint density at radius 2 is 1.79 bits per heavy atom. The highest BCUT2D eigenvalue weighted by molar-refractivity contribution is 6.02. The largest absolute Gasteiger partial charge is 0.478 e. The Hall–Kier alpha value is -2.69. The quantitative estimate of drug-likeness (QED) is 0.781. The fourth-order valence-electron chi connectivity index (χ4n) is 2.32. The van der Waals surface area contributed by atoms with Gasteiger partial charge in [-0.15, -0.1) is 0 Å². The first kappa shape index (κ1) is 17.7. The molecule has 0 aliphatic heterocycles. The van der Waals surface area contributed by atoms with E-state index in [9.17, 15) is 9.59 Å². The number of carbonyl (C=O) groups is 2. The normalized spacial score (nSPS) is 10.9. The minimum absolute atomic E-state index is 0.0245. The summed E-state index contributed by atoms with van der Waals surface area (Å²) in [7, 11) is 0. The van der Waals surface area contributed by atoms with Gasteiger partial charge in [0.25, 0.3) is 0 Å². The van der Waals surface area contributed by atoms with Gasteiger partial charge >= 0.3 is 5.97 Å². The number of ketones is 1. The van der Waals surface area contributed by atoms with Crippen LogP contribution in [0.25, 0.3) is 11.3 Å². The molecule has 0 fully saturated rings. The third-order valence-electron chi connectivity index (χ3n) is 3.52. The molecule has 0 amide bonds. The molecular formula is C19H22N2O3. The number of carboxylic acids is 1. The van der Waals surface area contributed by atoms with Gasteiger partial charge in [-0.25, -0.2) is 9.78 Å².